The predicted octanol–water partition coefficient (Wildman–Crippen LogP) is 3.78. The Hall–Kier alpha value is -1.29. The fraction of sp³-hybridized carbons (Fsp3) is 0.462. The minimum Gasteiger partial charge on any atom is -0.376 e. The van der Waals surface area contributed by atoms with Gasteiger partial charge in [0.25, 0.3) is 0 Å². The van der Waals surface area contributed by atoms with E-state index in [-0.39, 0.29) is 0 Å². The maximum atomic E-state index is 4.50. The van der Waals surface area contributed by atoms with Gasteiger partial charge in [0.2, 0.25) is 0 Å². The van der Waals surface area contributed by atoms with Crippen molar-refractivity contribution in [1.82, 2.24) is 9.78 Å². The molecule has 0 saturated carbocycles. The minimum atomic E-state index is 0.322. The summed E-state index contributed by atoms with van der Waals surface area (Å²) in [5.74, 6) is 0.438. The van der Waals surface area contributed by atoms with Gasteiger partial charge in [-0.3, -0.25) is 4.68 Å². The third-order valence-corrected chi connectivity index (χ3v) is 3.52. The lowest BCUT2D eigenvalue weighted by molar-refractivity contribution is 0.713. The van der Waals surface area contributed by atoms with Crippen molar-refractivity contribution in [3.63, 3.8) is 0 Å². The van der Waals surface area contributed by atoms with Crippen molar-refractivity contribution in [3.8, 4) is 0 Å². The van der Waals surface area contributed by atoms with E-state index in [0.717, 1.165) is 11.4 Å². The van der Waals surface area contributed by atoms with Crippen molar-refractivity contribution in [2.75, 3.05) is 5.32 Å². The molecule has 1 N–H and O–H groups in total. The molecule has 17 heavy (non-hydrogen) atoms. The molecule has 0 aliphatic heterocycles. The van der Waals surface area contributed by atoms with Crippen LogP contribution < -0.4 is 5.32 Å². The van der Waals surface area contributed by atoms with Crippen LogP contribution in [0.15, 0.2) is 23.0 Å². The van der Waals surface area contributed by atoms with E-state index in [0.29, 0.717) is 12.0 Å². The SMILES string of the molecule is CC(C)c1nn(C)cc1NC(C)c1ccsc1. The highest BCUT2D eigenvalue weighted by Gasteiger charge is 2.14. The lowest BCUT2D eigenvalue weighted by Crippen LogP contribution is -2.07. The van der Waals surface area contributed by atoms with E-state index in [1.54, 1.807) is 11.3 Å². The number of thiophene rings is 1. The lowest BCUT2D eigenvalue weighted by Gasteiger charge is -2.14. The number of nitrogens with one attached hydrogen (secondary N) is 1. The van der Waals surface area contributed by atoms with Crippen molar-refractivity contribution < 1.29 is 0 Å². The Labute approximate surface area is 106 Å². The minimum absolute atomic E-state index is 0.322. The van der Waals surface area contributed by atoms with Gasteiger partial charge in [-0.05, 0) is 35.2 Å². The smallest absolute Gasteiger partial charge is 0.0881 e. The lowest BCUT2D eigenvalue weighted by atomic mass is 10.1. The van der Waals surface area contributed by atoms with Gasteiger partial charge in [0.1, 0.15) is 0 Å². The van der Waals surface area contributed by atoms with E-state index in [2.05, 4.69) is 54.2 Å². The monoisotopic (exact) mass is 249 g/mol. The van der Waals surface area contributed by atoms with Crippen molar-refractivity contribution in [1.29, 1.82) is 0 Å². The molecule has 92 valence electrons. The number of nitrogens with zero attached hydrogens (tertiary/aromatic N) is 2. The number of hydrogen-bond donors (Lipinski definition) is 1. The van der Waals surface area contributed by atoms with Gasteiger partial charge in [-0.15, -0.1) is 0 Å². The molecule has 2 rings (SSSR count). The molecular formula is C13H19N3S. The highest BCUT2D eigenvalue weighted by molar-refractivity contribution is 7.07. The maximum Gasteiger partial charge on any atom is 0.0881 e. The molecule has 2 aromatic heterocycles. The summed E-state index contributed by atoms with van der Waals surface area (Å²) in [5.41, 5.74) is 3.60. The highest BCUT2D eigenvalue weighted by Crippen LogP contribution is 2.27. The van der Waals surface area contributed by atoms with Crippen LogP contribution in [0.4, 0.5) is 5.69 Å². The molecule has 1 atom stereocenters. The Morgan fingerprint density at radius 3 is 2.71 bits per heavy atom. The van der Waals surface area contributed by atoms with Crippen molar-refractivity contribution >= 4 is 17.0 Å². The molecule has 0 fully saturated rings. The summed E-state index contributed by atoms with van der Waals surface area (Å²) in [5, 5.41) is 12.3. The van der Waals surface area contributed by atoms with Crippen LogP contribution >= 0.6 is 11.3 Å². The highest BCUT2D eigenvalue weighted by atomic mass is 32.1. The predicted molar refractivity (Wildman–Crippen MR) is 73.7 cm³/mol. The summed E-state index contributed by atoms with van der Waals surface area (Å²) in [7, 11) is 1.96. The summed E-state index contributed by atoms with van der Waals surface area (Å²) in [6, 6.07) is 2.48. The molecule has 4 heteroatoms. The van der Waals surface area contributed by atoms with Gasteiger partial charge in [-0.1, -0.05) is 13.8 Å². The van der Waals surface area contributed by atoms with Crippen LogP contribution in [-0.4, -0.2) is 9.78 Å². The van der Waals surface area contributed by atoms with Gasteiger partial charge in [0.05, 0.1) is 11.4 Å². The van der Waals surface area contributed by atoms with Gasteiger partial charge in [-0.2, -0.15) is 16.4 Å². The average molecular weight is 249 g/mol. The Morgan fingerprint density at radius 2 is 2.12 bits per heavy atom. The molecule has 0 saturated heterocycles. The number of anilines is 1. The topological polar surface area (TPSA) is 29.9 Å². The first kappa shape index (κ1) is 12.2. The molecule has 2 heterocycles. The summed E-state index contributed by atoms with van der Waals surface area (Å²) in [6.45, 7) is 6.52. The fourth-order valence-corrected chi connectivity index (χ4v) is 2.64. The zero-order valence-electron chi connectivity index (χ0n) is 10.8. The number of rotatable bonds is 4. The molecule has 0 aliphatic carbocycles. The summed E-state index contributed by atoms with van der Waals surface area (Å²) in [6.07, 6.45) is 2.05. The fourth-order valence-electron chi connectivity index (χ4n) is 1.88. The third-order valence-electron chi connectivity index (χ3n) is 2.82. The second-order valence-corrected chi connectivity index (χ2v) is 5.46. The summed E-state index contributed by atoms with van der Waals surface area (Å²) < 4.78 is 1.87. The quantitative estimate of drug-likeness (QED) is 0.893. The first-order valence-electron chi connectivity index (χ1n) is 5.90. The van der Waals surface area contributed by atoms with Gasteiger partial charge >= 0.3 is 0 Å². The first-order chi connectivity index (χ1) is 8.08. The van der Waals surface area contributed by atoms with Gasteiger partial charge in [0, 0.05) is 19.3 Å². The Kier molecular flexibility index (Phi) is 3.52. The van der Waals surface area contributed by atoms with Crippen LogP contribution in [0.1, 0.15) is 44.0 Å². The van der Waals surface area contributed by atoms with Crippen LogP contribution in [0.25, 0.3) is 0 Å². The zero-order valence-corrected chi connectivity index (χ0v) is 11.6. The number of aromatic nitrogens is 2. The third kappa shape index (κ3) is 2.69. The standard InChI is InChI=1S/C13H19N3S/c1-9(2)13-12(7-16(4)15-13)14-10(3)11-5-6-17-8-11/h5-10,14H,1-4H3. The average Bonchev–Trinajstić information content (AvgIpc) is 2.86. The molecule has 0 radical (unpaired) electrons. The van der Waals surface area contributed by atoms with E-state index in [9.17, 15) is 0 Å². The van der Waals surface area contributed by atoms with E-state index < -0.39 is 0 Å². The van der Waals surface area contributed by atoms with Crippen LogP contribution in [0.2, 0.25) is 0 Å². The largest absolute Gasteiger partial charge is 0.376 e. The second kappa shape index (κ2) is 4.92. The molecule has 3 nitrogen and oxygen atoms in total. The van der Waals surface area contributed by atoms with Gasteiger partial charge in [-0.25, -0.2) is 0 Å². The second-order valence-electron chi connectivity index (χ2n) is 4.68. The Balaban J connectivity index is 2.18. The molecule has 0 bridgehead atoms. The Morgan fingerprint density at radius 1 is 1.35 bits per heavy atom. The first-order valence-corrected chi connectivity index (χ1v) is 6.84. The van der Waals surface area contributed by atoms with Crippen LogP contribution in [0, 0.1) is 0 Å². The van der Waals surface area contributed by atoms with Crippen molar-refractivity contribution in [2.45, 2.75) is 32.7 Å². The molecule has 0 aromatic carbocycles. The summed E-state index contributed by atoms with van der Waals surface area (Å²) >= 11 is 1.73. The van der Waals surface area contributed by atoms with E-state index >= 15 is 0 Å². The van der Waals surface area contributed by atoms with E-state index in [4.69, 9.17) is 0 Å². The maximum absolute atomic E-state index is 4.50. The molecule has 0 aliphatic rings. The number of hydrogen-bond acceptors (Lipinski definition) is 3. The van der Waals surface area contributed by atoms with E-state index in [1.807, 2.05) is 11.7 Å². The zero-order chi connectivity index (χ0) is 12.4. The molecule has 2 aromatic rings. The Bertz CT molecular complexity index is 471. The van der Waals surface area contributed by atoms with Crippen molar-refractivity contribution in [2.24, 2.45) is 7.05 Å². The number of aryl methyl sites for hydroxylation is 1. The van der Waals surface area contributed by atoms with Crippen molar-refractivity contribution in [3.05, 3.63) is 34.3 Å². The molecular weight excluding hydrogens is 230 g/mol. The van der Waals surface area contributed by atoms with E-state index in [1.165, 1.54) is 5.56 Å². The van der Waals surface area contributed by atoms with Crippen LogP contribution in [-0.2, 0) is 7.05 Å². The molecule has 1 unspecified atom stereocenters. The summed E-state index contributed by atoms with van der Waals surface area (Å²) in [4.78, 5) is 0. The normalized spacial score (nSPS) is 13.0. The molecule has 0 spiro atoms. The van der Waals surface area contributed by atoms with Crippen LogP contribution in [0.3, 0.4) is 0 Å². The molecule has 0 amide bonds. The van der Waals surface area contributed by atoms with Gasteiger partial charge < -0.3 is 5.32 Å². The van der Waals surface area contributed by atoms with Gasteiger partial charge in [0.15, 0.2) is 0 Å². The van der Waals surface area contributed by atoms with Crippen LogP contribution in [0.5, 0.6) is 0 Å².